The van der Waals surface area contributed by atoms with Gasteiger partial charge in [0.05, 0.1) is 12.2 Å². The number of piperazine rings is 1. The quantitative estimate of drug-likeness (QED) is 0.228. The van der Waals surface area contributed by atoms with Crippen LogP contribution in [0.4, 0.5) is 14.6 Å². The highest BCUT2D eigenvalue weighted by Gasteiger charge is 2.49. The summed E-state index contributed by atoms with van der Waals surface area (Å²) in [6.07, 6.45) is 15.5. The number of phenolic OH excluding ortho intramolecular Hbond substituents is 1. The maximum Gasteiger partial charge on any atom is 0.319 e. The molecule has 9 rings (SSSR count). The maximum atomic E-state index is 16.9. The van der Waals surface area contributed by atoms with E-state index in [1.54, 1.807) is 12.1 Å². The standard InChI is InChI=1S/C38H39F2N5O2/c1-2-27-31(39)8-3-23-17-26(46)18-30(32(23)27)28-6-7-29-34(33(28)40)42-36(43-35(29)45-19-24-4-5-25(20-45)41-24)47-22-38(11-12-38)21-44-15-13-37(9-10-37)14-16-44/h1,3,6-8,17-18,24-25,41,46H,4-5,9-16,19-22H2. The monoisotopic (exact) mass is 635 g/mol. The summed E-state index contributed by atoms with van der Waals surface area (Å²) in [4.78, 5) is 14.5. The lowest BCUT2D eigenvalue weighted by Crippen LogP contribution is -2.51. The van der Waals surface area contributed by atoms with Crippen molar-refractivity contribution in [1.82, 2.24) is 20.2 Å². The first-order valence-corrected chi connectivity index (χ1v) is 17.1. The first-order valence-electron chi connectivity index (χ1n) is 17.1. The number of aromatic hydroxyl groups is 1. The molecular weight excluding hydrogens is 596 g/mol. The van der Waals surface area contributed by atoms with E-state index in [-0.39, 0.29) is 33.8 Å². The lowest BCUT2D eigenvalue weighted by atomic mass is 9.93. The molecule has 47 heavy (non-hydrogen) atoms. The molecule has 0 radical (unpaired) electrons. The summed E-state index contributed by atoms with van der Waals surface area (Å²) in [7, 11) is 0. The molecule has 2 unspecified atom stereocenters. The molecule has 9 heteroatoms. The van der Waals surface area contributed by atoms with Gasteiger partial charge in [0.1, 0.15) is 22.9 Å². The van der Waals surface area contributed by atoms with Gasteiger partial charge in [0.25, 0.3) is 0 Å². The normalized spacial score (nSPS) is 24.1. The second-order valence-corrected chi connectivity index (χ2v) is 14.9. The van der Waals surface area contributed by atoms with E-state index in [2.05, 4.69) is 21.0 Å². The number of fused-ring (bicyclic) bond motifs is 4. The number of hydrogen-bond donors (Lipinski definition) is 2. The van der Waals surface area contributed by atoms with Crippen LogP contribution in [0.25, 0.3) is 32.8 Å². The molecule has 5 aliphatic rings. The number of nitrogens with zero attached hydrogens (tertiary/aromatic N) is 4. The molecule has 1 spiro atoms. The summed E-state index contributed by atoms with van der Waals surface area (Å²) < 4.78 is 38.2. The summed E-state index contributed by atoms with van der Waals surface area (Å²) in [5, 5.41) is 15.7. The van der Waals surface area contributed by atoms with E-state index in [1.165, 1.54) is 43.9 Å². The van der Waals surface area contributed by atoms with Crippen molar-refractivity contribution in [3.63, 3.8) is 0 Å². The minimum absolute atomic E-state index is 0.0245. The largest absolute Gasteiger partial charge is 0.508 e. The summed E-state index contributed by atoms with van der Waals surface area (Å²) >= 11 is 0. The molecule has 2 saturated carbocycles. The third kappa shape index (κ3) is 5.17. The zero-order valence-electron chi connectivity index (χ0n) is 26.5. The lowest BCUT2D eigenvalue weighted by molar-refractivity contribution is 0.115. The van der Waals surface area contributed by atoms with Gasteiger partial charge in [-0.25, -0.2) is 8.78 Å². The summed E-state index contributed by atoms with van der Waals surface area (Å²) in [5.41, 5.74) is 1.37. The van der Waals surface area contributed by atoms with E-state index in [0.717, 1.165) is 58.4 Å². The number of rotatable bonds is 7. The Hall–Kier alpha value is -4.00. The number of anilines is 1. The Morgan fingerprint density at radius 1 is 0.957 bits per heavy atom. The number of benzene rings is 3. The van der Waals surface area contributed by atoms with Crippen LogP contribution in [0.3, 0.4) is 0 Å². The molecule has 3 aromatic carbocycles. The molecule has 3 aliphatic heterocycles. The van der Waals surface area contributed by atoms with E-state index in [0.29, 0.717) is 51.6 Å². The van der Waals surface area contributed by atoms with Crippen LogP contribution in [0.15, 0.2) is 36.4 Å². The van der Waals surface area contributed by atoms with Crippen molar-refractivity contribution in [2.24, 2.45) is 10.8 Å². The fourth-order valence-electron chi connectivity index (χ4n) is 8.47. The number of likely N-dealkylation sites (tertiary alicyclic amines) is 1. The number of nitrogens with one attached hydrogen (secondary N) is 1. The van der Waals surface area contributed by atoms with Crippen LogP contribution >= 0.6 is 0 Å². The van der Waals surface area contributed by atoms with Crippen LogP contribution < -0.4 is 15.0 Å². The number of piperidine rings is 1. The van der Waals surface area contributed by atoms with Gasteiger partial charge in [-0.15, -0.1) is 6.42 Å². The van der Waals surface area contributed by atoms with Crippen LogP contribution in [0, 0.1) is 34.8 Å². The Bertz CT molecular complexity index is 1940. The highest BCUT2D eigenvalue weighted by molar-refractivity contribution is 6.04. The predicted molar refractivity (Wildman–Crippen MR) is 179 cm³/mol. The molecule has 5 fully saturated rings. The Morgan fingerprint density at radius 3 is 2.43 bits per heavy atom. The molecule has 2 N–H and O–H groups in total. The summed E-state index contributed by atoms with van der Waals surface area (Å²) in [5.74, 6) is 1.87. The average molecular weight is 636 g/mol. The van der Waals surface area contributed by atoms with Gasteiger partial charge >= 0.3 is 6.01 Å². The minimum Gasteiger partial charge on any atom is -0.508 e. The Balaban J connectivity index is 1.10. The van der Waals surface area contributed by atoms with Gasteiger partial charge in [0.2, 0.25) is 0 Å². The van der Waals surface area contributed by atoms with Gasteiger partial charge in [-0.05, 0) is 105 Å². The van der Waals surface area contributed by atoms with Gasteiger partial charge < -0.3 is 25.0 Å². The third-order valence-corrected chi connectivity index (χ3v) is 11.7. The third-order valence-electron chi connectivity index (χ3n) is 11.7. The molecule has 7 nitrogen and oxygen atoms in total. The summed E-state index contributed by atoms with van der Waals surface area (Å²) in [6, 6.07) is 10.1. The van der Waals surface area contributed by atoms with Crippen molar-refractivity contribution in [2.45, 2.75) is 63.5 Å². The van der Waals surface area contributed by atoms with Crippen LogP contribution in [-0.2, 0) is 0 Å². The lowest BCUT2D eigenvalue weighted by Gasteiger charge is -2.35. The Kier molecular flexibility index (Phi) is 6.68. The topological polar surface area (TPSA) is 73.8 Å². The van der Waals surface area contributed by atoms with E-state index in [1.807, 2.05) is 6.07 Å². The van der Waals surface area contributed by atoms with Crippen LogP contribution in [0.5, 0.6) is 11.8 Å². The Labute approximate surface area is 273 Å². The molecule has 2 atom stereocenters. The number of hydrogen-bond acceptors (Lipinski definition) is 7. The molecule has 4 aromatic rings. The van der Waals surface area contributed by atoms with Gasteiger partial charge in [-0.2, -0.15) is 9.97 Å². The second-order valence-electron chi connectivity index (χ2n) is 14.9. The fraction of sp³-hybridized carbons (Fsp3) is 0.474. The van der Waals surface area contributed by atoms with Crippen molar-refractivity contribution in [1.29, 1.82) is 0 Å². The van der Waals surface area contributed by atoms with Crippen LogP contribution in [0.1, 0.15) is 56.9 Å². The number of phenols is 1. The number of halogens is 2. The molecule has 2 aliphatic carbocycles. The maximum absolute atomic E-state index is 16.9. The van der Waals surface area contributed by atoms with E-state index in [4.69, 9.17) is 21.1 Å². The van der Waals surface area contributed by atoms with Crippen molar-refractivity contribution < 1.29 is 18.6 Å². The van der Waals surface area contributed by atoms with Gasteiger partial charge in [0.15, 0.2) is 5.82 Å². The van der Waals surface area contributed by atoms with Gasteiger partial charge in [-0.1, -0.05) is 18.1 Å². The number of aromatic nitrogens is 2. The molecule has 1 aromatic heterocycles. The minimum atomic E-state index is -0.586. The molecule has 3 saturated heterocycles. The molecule has 4 heterocycles. The van der Waals surface area contributed by atoms with Gasteiger partial charge in [0, 0.05) is 53.5 Å². The van der Waals surface area contributed by atoms with Crippen molar-refractivity contribution in [3.05, 3.63) is 53.6 Å². The number of terminal acetylenes is 1. The SMILES string of the molecule is C#Cc1c(F)ccc2cc(O)cc(-c3ccc4c(N5CC6CCC(C5)N6)nc(OCC5(CN6CCC7(CC6)CC7)CC5)nc4c3F)c12. The van der Waals surface area contributed by atoms with Gasteiger partial charge in [-0.3, -0.25) is 0 Å². The molecular formula is C38H39F2N5O2. The highest BCUT2D eigenvalue weighted by atomic mass is 19.1. The fourth-order valence-corrected chi connectivity index (χ4v) is 8.47. The van der Waals surface area contributed by atoms with E-state index >= 15 is 4.39 Å². The molecule has 242 valence electrons. The number of ether oxygens (including phenoxy) is 1. The molecule has 2 bridgehead atoms. The average Bonchev–Trinajstić information content (AvgIpc) is 4.00. The van der Waals surface area contributed by atoms with Crippen molar-refractivity contribution >= 4 is 27.5 Å². The first-order chi connectivity index (χ1) is 22.8. The zero-order valence-corrected chi connectivity index (χ0v) is 26.5. The van der Waals surface area contributed by atoms with E-state index in [9.17, 15) is 9.50 Å². The van der Waals surface area contributed by atoms with Crippen molar-refractivity contribution in [2.75, 3.05) is 44.2 Å². The molecule has 0 amide bonds. The predicted octanol–water partition coefficient (Wildman–Crippen LogP) is 6.39. The Morgan fingerprint density at radius 2 is 1.72 bits per heavy atom. The zero-order chi connectivity index (χ0) is 31.9. The van der Waals surface area contributed by atoms with Crippen LogP contribution in [-0.4, -0.2) is 71.4 Å². The smallest absolute Gasteiger partial charge is 0.319 e. The first kappa shape index (κ1) is 29.2. The second kappa shape index (κ2) is 10.8. The summed E-state index contributed by atoms with van der Waals surface area (Å²) in [6.45, 7) is 5.37. The highest BCUT2D eigenvalue weighted by Crippen LogP contribution is 2.55. The van der Waals surface area contributed by atoms with E-state index < -0.39 is 11.6 Å². The van der Waals surface area contributed by atoms with Crippen molar-refractivity contribution in [3.8, 4) is 35.2 Å². The van der Waals surface area contributed by atoms with Crippen LogP contribution in [0.2, 0.25) is 0 Å².